The van der Waals surface area contributed by atoms with Crippen LogP contribution in [0.2, 0.25) is 0 Å². The summed E-state index contributed by atoms with van der Waals surface area (Å²) in [6.07, 6.45) is -3.26. The van der Waals surface area contributed by atoms with Gasteiger partial charge in [0.2, 0.25) is 5.69 Å². The maximum Gasteiger partial charge on any atom is 0.366 e. The van der Waals surface area contributed by atoms with E-state index in [4.69, 9.17) is 10.8 Å². The third-order valence-electron chi connectivity index (χ3n) is 1.67. The van der Waals surface area contributed by atoms with Crippen LogP contribution in [0, 0.1) is 10.1 Å². The third-order valence-corrected chi connectivity index (χ3v) is 1.67. The van der Waals surface area contributed by atoms with Gasteiger partial charge in [-0.15, -0.1) is 0 Å². The Morgan fingerprint density at radius 2 is 2.19 bits per heavy atom. The van der Waals surface area contributed by atoms with Crippen molar-refractivity contribution in [2.24, 2.45) is 0 Å². The van der Waals surface area contributed by atoms with Crippen LogP contribution in [-0.4, -0.2) is 21.0 Å². The summed E-state index contributed by atoms with van der Waals surface area (Å²) in [5.41, 5.74) is 2.39. The summed E-state index contributed by atoms with van der Waals surface area (Å²) in [6, 6.07) is 0.620. The standard InChI is InChI=1S/C7H5F2N3O4/c8-6(9)5-4(7(13)14)2(10)1-3(11-5)12(15)16/h1,6H,(H2,10,11)(H,13,14). The molecule has 7 nitrogen and oxygen atoms in total. The van der Waals surface area contributed by atoms with E-state index < -0.39 is 40.1 Å². The van der Waals surface area contributed by atoms with Crippen molar-refractivity contribution < 1.29 is 23.6 Å². The summed E-state index contributed by atoms with van der Waals surface area (Å²) >= 11 is 0. The van der Waals surface area contributed by atoms with E-state index in [9.17, 15) is 23.7 Å². The van der Waals surface area contributed by atoms with Crippen molar-refractivity contribution in [3.05, 3.63) is 27.4 Å². The lowest BCUT2D eigenvalue weighted by Crippen LogP contribution is -2.11. The molecule has 3 N–H and O–H groups in total. The Hall–Kier alpha value is -2.32. The Morgan fingerprint density at radius 1 is 1.62 bits per heavy atom. The average Bonchev–Trinajstić information content (AvgIpc) is 2.15. The highest BCUT2D eigenvalue weighted by Crippen LogP contribution is 2.28. The number of nitrogens with two attached hydrogens (primary N) is 1. The van der Waals surface area contributed by atoms with Crippen LogP contribution in [0.3, 0.4) is 0 Å². The Balaban J connectivity index is 3.51. The van der Waals surface area contributed by atoms with Crippen molar-refractivity contribution in [3.8, 4) is 0 Å². The molecule has 0 unspecified atom stereocenters. The number of anilines is 1. The predicted octanol–water partition coefficient (Wildman–Crippen LogP) is 1.21. The summed E-state index contributed by atoms with van der Waals surface area (Å²) in [4.78, 5) is 22.8. The fraction of sp³-hybridized carbons (Fsp3) is 0.143. The molecule has 0 aliphatic carbocycles. The number of carboxylic acid groups (broad SMARTS) is 1. The quantitative estimate of drug-likeness (QED) is 0.598. The molecule has 1 heterocycles. The van der Waals surface area contributed by atoms with Gasteiger partial charge >= 0.3 is 18.2 Å². The van der Waals surface area contributed by atoms with Crippen molar-refractivity contribution in [1.29, 1.82) is 0 Å². The Kier molecular flexibility index (Phi) is 2.97. The monoisotopic (exact) mass is 233 g/mol. The van der Waals surface area contributed by atoms with E-state index in [-0.39, 0.29) is 0 Å². The van der Waals surface area contributed by atoms with Gasteiger partial charge in [-0.25, -0.2) is 13.6 Å². The van der Waals surface area contributed by atoms with Crippen LogP contribution in [0.1, 0.15) is 22.5 Å². The van der Waals surface area contributed by atoms with E-state index in [0.717, 1.165) is 0 Å². The molecule has 0 atom stereocenters. The number of nitrogens with zero attached hydrogens (tertiary/aromatic N) is 2. The minimum Gasteiger partial charge on any atom is -0.477 e. The second-order valence-corrected chi connectivity index (χ2v) is 2.69. The minimum atomic E-state index is -3.26. The molecule has 0 bridgehead atoms. The van der Waals surface area contributed by atoms with E-state index in [1.807, 2.05) is 0 Å². The van der Waals surface area contributed by atoms with Crippen molar-refractivity contribution in [2.75, 3.05) is 5.73 Å². The van der Waals surface area contributed by atoms with Crippen LogP contribution in [-0.2, 0) is 0 Å². The molecular formula is C7H5F2N3O4. The number of aromatic nitrogens is 1. The van der Waals surface area contributed by atoms with Crippen LogP contribution >= 0.6 is 0 Å². The average molecular weight is 233 g/mol. The normalized spacial score (nSPS) is 10.4. The van der Waals surface area contributed by atoms with Crippen molar-refractivity contribution >= 4 is 17.5 Å². The molecule has 1 rings (SSSR count). The molecule has 1 aromatic rings. The molecular weight excluding hydrogens is 228 g/mol. The van der Waals surface area contributed by atoms with Gasteiger partial charge in [-0.3, -0.25) is 0 Å². The number of nitro groups is 1. The lowest BCUT2D eigenvalue weighted by molar-refractivity contribution is -0.389. The molecule has 16 heavy (non-hydrogen) atoms. The summed E-state index contributed by atoms with van der Waals surface area (Å²) in [7, 11) is 0. The molecule has 0 saturated carbocycles. The largest absolute Gasteiger partial charge is 0.477 e. The van der Waals surface area contributed by atoms with Crippen LogP contribution in [0.15, 0.2) is 6.07 Å². The van der Waals surface area contributed by atoms with Gasteiger partial charge in [0, 0.05) is 0 Å². The van der Waals surface area contributed by atoms with Gasteiger partial charge in [0.25, 0.3) is 0 Å². The second kappa shape index (κ2) is 4.04. The first kappa shape index (κ1) is 11.8. The van der Waals surface area contributed by atoms with Gasteiger partial charge in [-0.05, 0) is 9.91 Å². The number of rotatable bonds is 3. The van der Waals surface area contributed by atoms with E-state index >= 15 is 0 Å². The van der Waals surface area contributed by atoms with Gasteiger partial charge in [-0.1, -0.05) is 0 Å². The number of hydrogen-bond donors (Lipinski definition) is 2. The molecule has 1 aromatic heterocycles. The first-order valence-corrected chi connectivity index (χ1v) is 3.80. The molecule has 0 radical (unpaired) electrons. The molecule has 0 saturated heterocycles. The summed E-state index contributed by atoms with van der Waals surface area (Å²) in [5.74, 6) is -2.63. The maximum absolute atomic E-state index is 12.4. The molecule has 0 amide bonds. The summed E-state index contributed by atoms with van der Waals surface area (Å²) in [6.45, 7) is 0. The number of pyridine rings is 1. The fourth-order valence-corrected chi connectivity index (χ4v) is 1.06. The van der Waals surface area contributed by atoms with Gasteiger partial charge in [0.1, 0.15) is 5.56 Å². The first-order chi connectivity index (χ1) is 7.34. The highest BCUT2D eigenvalue weighted by atomic mass is 19.3. The predicted molar refractivity (Wildman–Crippen MR) is 47.2 cm³/mol. The van der Waals surface area contributed by atoms with E-state index in [1.165, 1.54) is 0 Å². The number of aromatic carboxylic acids is 1. The SMILES string of the molecule is Nc1cc([N+](=O)[O-])nc(C(F)F)c1C(=O)O. The van der Waals surface area contributed by atoms with Crippen molar-refractivity contribution in [3.63, 3.8) is 0 Å². The van der Waals surface area contributed by atoms with Gasteiger partial charge < -0.3 is 21.0 Å². The maximum atomic E-state index is 12.4. The zero-order valence-corrected chi connectivity index (χ0v) is 7.55. The van der Waals surface area contributed by atoms with Crippen molar-refractivity contribution in [2.45, 2.75) is 6.43 Å². The highest BCUT2D eigenvalue weighted by molar-refractivity contribution is 5.95. The fourth-order valence-electron chi connectivity index (χ4n) is 1.06. The molecule has 0 aromatic carbocycles. The third kappa shape index (κ3) is 2.02. The zero-order valence-electron chi connectivity index (χ0n) is 7.55. The van der Waals surface area contributed by atoms with Gasteiger partial charge in [0.15, 0.2) is 0 Å². The second-order valence-electron chi connectivity index (χ2n) is 2.69. The zero-order chi connectivity index (χ0) is 12.5. The molecule has 0 aliphatic rings. The molecule has 9 heteroatoms. The van der Waals surface area contributed by atoms with E-state index in [0.29, 0.717) is 6.07 Å². The van der Waals surface area contributed by atoms with Crippen LogP contribution in [0.4, 0.5) is 20.3 Å². The summed E-state index contributed by atoms with van der Waals surface area (Å²) in [5, 5.41) is 18.9. The number of halogens is 2. The number of carboxylic acids is 1. The lowest BCUT2D eigenvalue weighted by atomic mass is 10.1. The topological polar surface area (TPSA) is 119 Å². The van der Waals surface area contributed by atoms with Crippen LogP contribution < -0.4 is 5.73 Å². The molecule has 0 spiro atoms. The number of alkyl halides is 2. The van der Waals surface area contributed by atoms with E-state index in [1.54, 1.807) is 0 Å². The molecule has 0 fully saturated rings. The number of nitrogen functional groups attached to an aromatic ring is 1. The minimum absolute atomic E-state index is 0.620. The lowest BCUT2D eigenvalue weighted by Gasteiger charge is -2.03. The molecule has 86 valence electrons. The highest BCUT2D eigenvalue weighted by Gasteiger charge is 2.30. The number of carbonyl (C=O) groups is 1. The Bertz CT molecular complexity index is 463. The smallest absolute Gasteiger partial charge is 0.366 e. The van der Waals surface area contributed by atoms with Gasteiger partial charge in [0.05, 0.1) is 11.8 Å². The van der Waals surface area contributed by atoms with Crippen molar-refractivity contribution in [1.82, 2.24) is 4.98 Å². The first-order valence-electron chi connectivity index (χ1n) is 3.80. The Morgan fingerprint density at radius 3 is 2.56 bits per heavy atom. The van der Waals surface area contributed by atoms with Gasteiger partial charge in [-0.2, -0.15) is 0 Å². The Labute approximate surface area is 86.7 Å². The summed E-state index contributed by atoms with van der Waals surface area (Å²) < 4.78 is 24.8. The van der Waals surface area contributed by atoms with Crippen LogP contribution in [0.5, 0.6) is 0 Å². The van der Waals surface area contributed by atoms with Crippen LogP contribution in [0.25, 0.3) is 0 Å². The van der Waals surface area contributed by atoms with E-state index in [2.05, 4.69) is 4.98 Å². The number of hydrogen-bond acceptors (Lipinski definition) is 5. The molecule has 0 aliphatic heterocycles.